The molecule has 0 saturated carbocycles. The molecule has 0 spiro atoms. The van der Waals surface area contributed by atoms with Crippen LogP contribution < -0.4 is 14.8 Å². The molecule has 2 aromatic carbocycles. The zero-order valence-corrected chi connectivity index (χ0v) is 14.0. The summed E-state index contributed by atoms with van der Waals surface area (Å²) in [6.45, 7) is 1.40. The molecule has 2 rings (SSSR count). The lowest BCUT2D eigenvalue weighted by atomic mass is 10.2. The number of rotatable bonds is 6. The molecular weight excluding hydrogens is 329 g/mol. The van der Waals surface area contributed by atoms with E-state index >= 15 is 0 Å². The van der Waals surface area contributed by atoms with Crippen molar-refractivity contribution in [2.45, 2.75) is 13.0 Å². The molecule has 1 N–H and O–H groups in total. The number of methoxy groups -OCH3 is 2. The van der Waals surface area contributed by atoms with E-state index in [1.807, 2.05) is 0 Å². The molecule has 0 aliphatic carbocycles. The highest BCUT2D eigenvalue weighted by Gasteiger charge is 2.21. The number of esters is 1. The van der Waals surface area contributed by atoms with Crippen LogP contribution in [0.2, 0.25) is 0 Å². The second-order valence-electron chi connectivity index (χ2n) is 5.11. The van der Waals surface area contributed by atoms with Crippen LogP contribution in [0, 0.1) is 5.82 Å². The predicted octanol–water partition coefficient (Wildman–Crippen LogP) is 3.03. The number of amides is 1. The molecule has 7 heteroatoms. The largest absolute Gasteiger partial charge is 0.497 e. The topological polar surface area (TPSA) is 73.9 Å². The lowest BCUT2D eigenvalue weighted by molar-refractivity contribution is -0.123. The summed E-state index contributed by atoms with van der Waals surface area (Å²) in [5, 5.41) is 2.60. The lowest BCUT2D eigenvalue weighted by Crippen LogP contribution is -2.30. The molecule has 2 aromatic rings. The maximum atomic E-state index is 13.9. The summed E-state index contributed by atoms with van der Waals surface area (Å²) in [5.74, 6) is -1.33. The summed E-state index contributed by atoms with van der Waals surface area (Å²) in [5.41, 5.74) is 0.245. The molecule has 0 saturated heterocycles. The van der Waals surface area contributed by atoms with Gasteiger partial charge in [0.15, 0.2) is 6.10 Å². The van der Waals surface area contributed by atoms with Crippen molar-refractivity contribution in [2.75, 3.05) is 19.5 Å². The highest BCUT2D eigenvalue weighted by molar-refractivity contribution is 5.97. The fraction of sp³-hybridized carbons (Fsp3) is 0.222. The Morgan fingerprint density at radius 3 is 2.16 bits per heavy atom. The molecule has 0 aromatic heterocycles. The standard InChI is InChI=1S/C18H18FNO5/c1-11(17(21)20-12-4-6-13(23-2)7-5-12)25-18(22)15-9-8-14(24-3)10-16(15)19/h4-11H,1-3H3,(H,20,21)/t11-/m0/s1. The van der Waals surface area contributed by atoms with E-state index in [0.29, 0.717) is 11.4 Å². The molecule has 0 unspecified atom stereocenters. The Morgan fingerprint density at radius 2 is 1.60 bits per heavy atom. The van der Waals surface area contributed by atoms with Crippen LogP contribution in [0.3, 0.4) is 0 Å². The van der Waals surface area contributed by atoms with Crippen LogP contribution in [-0.2, 0) is 9.53 Å². The van der Waals surface area contributed by atoms with E-state index in [2.05, 4.69) is 5.32 Å². The van der Waals surface area contributed by atoms with Crippen LogP contribution in [0.25, 0.3) is 0 Å². The van der Waals surface area contributed by atoms with E-state index in [9.17, 15) is 14.0 Å². The average Bonchev–Trinajstić information content (AvgIpc) is 2.61. The number of halogens is 1. The first kappa shape index (κ1) is 18.3. The summed E-state index contributed by atoms with van der Waals surface area (Å²) in [4.78, 5) is 24.1. The molecule has 0 aliphatic rings. The van der Waals surface area contributed by atoms with Crippen molar-refractivity contribution in [3.05, 3.63) is 53.8 Å². The quantitative estimate of drug-likeness (QED) is 0.813. The Labute approximate surface area is 144 Å². The van der Waals surface area contributed by atoms with Gasteiger partial charge in [-0.2, -0.15) is 0 Å². The number of hydrogen-bond acceptors (Lipinski definition) is 5. The fourth-order valence-electron chi connectivity index (χ4n) is 1.98. The minimum Gasteiger partial charge on any atom is -0.497 e. The first-order valence-electron chi connectivity index (χ1n) is 7.44. The van der Waals surface area contributed by atoms with Gasteiger partial charge in [0.25, 0.3) is 5.91 Å². The predicted molar refractivity (Wildman–Crippen MR) is 89.5 cm³/mol. The van der Waals surface area contributed by atoms with Gasteiger partial charge in [0.2, 0.25) is 0 Å². The van der Waals surface area contributed by atoms with E-state index in [4.69, 9.17) is 14.2 Å². The first-order chi connectivity index (χ1) is 11.9. The molecule has 132 valence electrons. The summed E-state index contributed by atoms with van der Waals surface area (Å²) in [6.07, 6.45) is -1.10. The van der Waals surface area contributed by atoms with E-state index < -0.39 is 23.8 Å². The monoisotopic (exact) mass is 347 g/mol. The van der Waals surface area contributed by atoms with Gasteiger partial charge in [-0.1, -0.05) is 0 Å². The van der Waals surface area contributed by atoms with E-state index in [1.165, 1.54) is 33.3 Å². The Hall–Kier alpha value is -3.09. The molecular formula is C18H18FNO5. The Balaban J connectivity index is 1.98. The number of hydrogen-bond donors (Lipinski definition) is 1. The zero-order valence-electron chi connectivity index (χ0n) is 14.0. The number of anilines is 1. The third-order valence-electron chi connectivity index (χ3n) is 3.41. The minimum atomic E-state index is -1.10. The van der Waals surface area contributed by atoms with Crippen molar-refractivity contribution in [2.24, 2.45) is 0 Å². The molecule has 1 amide bonds. The molecule has 0 aliphatic heterocycles. The maximum Gasteiger partial charge on any atom is 0.341 e. The zero-order chi connectivity index (χ0) is 18.4. The summed E-state index contributed by atoms with van der Waals surface area (Å²) >= 11 is 0. The minimum absolute atomic E-state index is 0.273. The van der Waals surface area contributed by atoms with Crippen LogP contribution >= 0.6 is 0 Å². The van der Waals surface area contributed by atoms with Gasteiger partial charge in [-0.25, -0.2) is 9.18 Å². The number of benzene rings is 2. The van der Waals surface area contributed by atoms with Crippen molar-refractivity contribution in [1.82, 2.24) is 0 Å². The molecule has 0 heterocycles. The Morgan fingerprint density at radius 1 is 1.00 bits per heavy atom. The van der Waals surface area contributed by atoms with Crippen molar-refractivity contribution in [3.8, 4) is 11.5 Å². The fourth-order valence-corrected chi connectivity index (χ4v) is 1.98. The molecule has 0 fully saturated rings. The number of ether oxygens (including phenoxy) is 3. The van der Waals surface area contributed by atoms with Gasteiger partial charge in [0.05, 0.1) is 19.8 Å². The smallest absolute Gasteiger partial charge is 0.341 e. The second kappa shape index (κ2) is 8.14. The summed E-state index contributed by atoms with van der Waals surface area (Å²) in [6, 6.07) is 10.4. The highest BCUT2D eigenvalue weighted by atomic mass is 19.1. The van der Waals surface area contributed by atoms with Gasteiger partial charge in [-0.05, 0) is 43.3 Å². The first-order valence-corrected chi connectivity index (χ1v) is 7.44. The van der Waals surface area contributed by atoms with Gasteiger partial charge in [-0.15, -0.1) is 0 Å². The van der Waals surface area contributed by atoms with Crippen molar-refractivity contribution in [1.29, 1.82) is 0 Å². The molecule has 0 bridgehead atoms. The normalized spacial score (nSPS) is 11.4. The highest BCUT2D eigenvalue weighted by Crippen LogP contribution is 2.18. The number of carbonyl (C=O) groups is 2. The summed E-state index contributed by atoms with van der Waals surface area (Å²) < 4.78 is 28.8. The molecule has 1 atom stereocenters. The van der Waals surface area contributed by atoms with Crippen LogP contribution in [-0.4, -0.2) is 32.2 Å². The average molecular weight is 347 g/mol. The van der Waals surface area contributed by atoms with Crippen molar-refractivity contribution < 1.29 is 28.2 Å². The van der Waals surface area contributed by atoms with E-state index in [-0.39, 0.29) is 11.3 Å². The van der Waals surface area contributed by atoms with Gasteiger partial charge in [0.1, 0.15) is 17.3 Å². The Bertz CT molecular complexity index is 761. The van der Waals surface area contributed by atoms with Gasteiger partial charge in [-0.3, -0.25) is 4.79 Å². The van der Waals surface area contributed by atoms with Gasteiger partial charge >= 0.3 is 5.97 Å². The molecule has 6 nitrogen and oxygen atoms in total. The third kappa shape index (κ3) is 4.69. The van der Waals surface area contributed by atoms with Crippen LogP contribution in [0.5, 0.6) is 11.5 Å². The van der Waals surface area contributed by atoms with E-state index in [0.717, 1.165) is 6.07 Å². The van der Waals surface area contributed by atoms with Crippen molar-refractivity contribution >= 4 is 17.6 Å². The van der Waals surface area contributed by atoms with Crippen LogP contribution in [0.15, 0.2) is 42.5 Å². The maximum absolute atomic E-state index is 13.9. The third-order valence-corrected chi connectivity index (χ3v) is 3.41. The summed E-state index contributed by atoms with van der Waals surface area (Å²) in [7, 11) is 2.92. The van der Waals surface area contributed by atoms with Crippen LogP contribution in [0.4, 0.5) is 10.1 Å². The Kier molecular flexibility index (Phi) is 5.94. The molecule has 0 radical (unpaired) electrons. The van der Waals surface area contributed by atoms with Gasteiger partial charge < -0.3 is 19.5 Å². The number of nitrogens with one attached hydrogen (secondary N) is 1. The van der Waals surface area contributed by atoms with Crippen LogP contribution in [0.1, 0.15) is 17.3 Å². The van der Waals surface area contributed by atoms with Crippen molar-refractivity contribution in [3.63, 3.8) is 0 Å². The van der Waals surface area contributed by atoms with Gasteiger partial charge in [0, 0.05) is 11.8 Å². The number of carbonyl (C=O) groups excluding carboxylic acids is 2. The SMILES string of the molecule is COc1ccc(NC(=O)[C@H](C)OC(=O)c2ccc(OC)cc2F)cc1. The van der Waals surface area contributed by atoms with E-state index in [1.54, 1.807) is 24.3 Å². The lowest BCUT2D eigenvalue weighted by Gasteiger charge is -2.14. The molecule has 25 heavy (non-hydrogen) atoms. The second-order valence-corrected chi connectivity index (χ2v) is 5.11.